The van der Waals surface area contributed by atoms with Gasteiger partial charge in [-0.15, -0.1) is 0 Å². The van der Waals surface area contributed by atoms with Crippen molar-refractivity contribution in [3.05, 3.63) is 57.9 Å². The summed E-state index contributed by atoms with van der Waals surface area (Å²) in [4.78, 5) is 12.5. The minimum absolute atomic E-state index is 0.0120. The average Bonchev–Trinajstić information content (AvgIpc) is 2.46. The molecule has 3 heteroatoms. The van der Waals surface area contributed by atoms with E-state index in [0.29, 0.717) is 18.0 Å². The van der Waals surface area contributed by atoms with Gasteiger partial charge in [0.05, 0.1) is 5.69 Å². The van der Waals surface area contributed by atoms with Crippen molar-refractivity contribution in [1.29, 1.82) is 0 Å². The maximum Gasteiger partial charge on any atom is 0.255 e. The molecule has 1 unspecified atom stereocenters. The van der Waals surface area contributed by atoms with E-state index in [9.17, 15) is 4.79 Å². The van der Waals surface area contributed by atoms with E-state index < -0.39 is 0 Å². The molecule has 0 aliphatic carbocycles. The lowest BCUT2D eigenvalue weighted by Gasteiger charge is -2.15. The van der Waals surface area contributed by atoms with E-state index in [0.717, 1.165) is 11.3 Å². The van der Waals surface area contributed by atoms with Crippen LogP contribution in [0.25, 0.3) is 11.3 Å². The molecular weight excluding hydrogens is 260 g/mol. The van der Waals surface area contributed by atoms with Crippen LogP contribution in [0.3, 0.4) is 0 Å². The van der Waals surface area contributed by atoms with Crippen LogP contribution >= 0.6 is 0 Å². The lowest BCUT2D eigenvalue weighted by Crippen LogP contribution is -2.27. The Hall–Kier alpha value is -1.87. The summed E-state index contributed by atoms with van der Waals surface area (Å²) in [6.07, 6.45) is 0. The van der Waals surface area contributed by atoms with Crippen molar-refractivity contribution in [2.24, 2.45) is 5.73 Å². The Morgan fingerprint density at radius 3 is 2.14 bits per heavy atom. The number of hydrogen-bond acceptors (Lipinski definition) is 2. The molecule has 112 valence electrons. The molecule has 0 saturated carbocycles. The Morgan fingerprint density at radius 2 is 1.67 bits per heavy atom. The predicted octanol–water partition coefficient (Wildman–Crippen LogP) is 3.68. The molecule has 1 aromatic carbocycles. The maximum atomic E-state index is 12.5. The van der Waals surface area contributed by atoms with Gasteiger partial charge < -0.3 is 10.3 Å². The molecule has 1 aromatic heterocycles. The summed E-state index contributed by atoms with van der Waals surface area (Å²) in [5.74, 6) is 0.507. The van der Waals surface area contributed by atoms with E-state index >= 15 is 0 Å². The van der Waals surface area contributed by atoms with Gasteiger partial charge in [-0.25, -0.2) is 0 Å². The first kappa shape index (κ1) is 15.5. The van der Waals surface area contributed by atoms with E-state index in [1.165, 1.54) is 5.56 Å². The van der Waals surface area contributed by atoms with E-state index in [-0.39, 0.29) is 11.6 Å². The van der Waals surface area contributed by atoms with Gasteiger partial charge in [0.1, 0.15) is 0 Å². The van der Waals surface area contributed by atoms with E-state index in [1.807, 2.05) is 26.0 Å². The Morgan fingerprint density at radius 1 is 1.05 bits per heavy atom. The van der Waals surface area contributed by atoms with E-state index in [4.69, 9.17) is 5.73 Å². The van der Waals surface area contributed by atoms with E-state index in [1.54, 1.807) is 4.57 Å². The molecule has 0 saturated heterocycles. The van der Waals surface area contributed by atoms with Crippen molar-refractivity contribution in [3.8, 4) is 11.3 Å². The van der Waals surface area contributed by atoms with Crippen LogP contribution in [0.15, 0.2) is 41.2 Å². The zero-order chi connectivity index (χ0) is 15.6. The molecule has 2 N–H and O–H groups in total. The van der Waals surface area contributed by atoms with Gasteiger partial charge in [-0.05, 0) is 43.0 Å². The summed E-state index contributed by atoms with van der Waals surface area (Å²) in [6.45, 7) is 8.82. The van der Waals surface area contributed by atoms with Gasteiger partial charge in [0.2, 0.25) is 0 Å². The first-order valence-electron chi connectivity index (χ1n) is 7.55. The summed E-state index contributed by atoms with van der Waals surface area (Å²) >= 11 is 0. The summed E-state index contributed by atoms with van der Waals surface area (Å²) in [5.41, 5.74) is 9.86. The van der Waals surface area contributed by atoms with Crippen molar-refractivity contribution in [3.63, 3.8) is 0 Å². The molecule has 0 aliphatic rings. The molecule has 0 bridgehead atoms. The summed E-state index contributed by atoms with van der Waals surface area (Å²) in [5, 5.41) is 0. The second-order valence-corrected chi connectivity index (χ2v) is 5.79. The van der Waals surface area contributed by atoms with Gasteiger partial charge >= 0.3 is 0 Å². The van der Waals surface area contributed by atoms with Gasteiger partial charge in [-0.3, -0.25) is 4.79 Å². The van der Waals surface area contributed by atoms with Gasteiger partial charge in [-0.1, -0.05) is 38.1 Å². The maximum absolute atomic E-state index is 12.5. The average molecular weight is 284 g/mol. The zero-order valence-corrected chi connectivity index (χ0v) is 13.3. The fourth-order valence-corrected chi connectivity index (χ4v) is 2.55. The van der Waals surface area contributed by atoms with Crippen molar-refractivity contribution >= 4 is 0 Å². The fraction of sp³-hybridized carbons (Fsp3) is 0.389. The Labute approximate surface area is 126 Å². The normalized spacial score (nSPS) is 12.7. The van der Waals surface area contributed by atoms with Crippen LogP contribution in [0.5, 0.6) is 0 Å². The lowest BCUT2D eigenvalue weighted by molar-refractivity contribution is 0.699. The molecular formula is C18H24N2O. The van der Waals surface area contributed by atoms with Crippen LogP contribution in [0.4, 0.5) is 0 Å². The molecule has 2 rings (SSSR count). The number of hydrogen-bond donors (Lipinski definition) is 1. The first-order valence-corrected chi connectivity index (χ1v) is 7.55. The number of pyridine rings is 1. The van der Waals surface area contributed by atoms with Crippen LogP contribution in [0, 0.1) is 0 Å². The monoisotopic (exact) mass is 284 g/mol. The number of nitrogens with two attached hydrogens (primary N) is 1. The molecule has 1 atom stereocenters. The van der Waals surface area contributed by atoms with Crippen LogP contribution < -0.4 is 11.3 Å². The molecule has 3 nitrogen and oxygen atoms in total. The number of rotatable bonds is 4. The molecule has 21 heavy (non-hydrogen) atoms. The lowest BCUT2D eigenvalue weighted by atomic mass is 10.00. The van der Waals surface area contributed by atoms with Crippen molar-refractivity contribution in [2.45, 2.75) is 46.2 Å². The quantitative estimate of drug-likeness (QED) is 0.931. The fourth-order valence-electron chi connectivity index (χ4n) is 2.55. The topological polar surface area (TPSA) is 48.0 Å². The molecule has 0 fully saturated rings. The van der Waals surface area contributed by atoms with Crippen LogP contribution in [-0.4, -0.2) is 4.57 Å². The molecule has 1 heterocycles. The number of nitrogens with zero attached hydrogens (tertiary/aromatic N) is 1. The minimum atomic E-state index is -0.243. The third kappa shape index (κ3) is 3.08. The summed E-state index contributed by atoms with van der Waals surface area (Å²) in [6, 6.07) is 12.0. The largest absolute Gasteiger partial charge is 0.324 e. The Bertz CT molecular complexity index is 667. The van der Waals surface area contributed by atoms with E-state index in [2.05, 4.69) is 38.1 Å². The zero-order valence-electron chi connectivity index (χ0n) is 13.3. The second kappa shape index (κ2) is 6.27. The Balaban J connectivity index is 2.54. The van der Waals surface area contributed by atoms with Gasteiger partial charge in [0.25, 0.3) is 5.56 Å². The van der Waals surface area contributed by atoms with Gasteiger partial charge in [0, 0.05) is 18.2 Å². The van der Waals surface area contributed by atoms with Crippen molar-refractivity contribution in [2.75, 3.05) is 0 Å². The highest BCUT2D eigenvalue weighted by molar-refractivity contribution is 5.60. The molecule has 0 aliphatic heterocycles. The third-order valence-electron chi connectivity index (χ3n) is 3.88. The SMILES string of the molecule is CCn1c(-c2ccc(C(C)C)cc2)ccc(C(C)N)c1=O. The number of aromatic nitrogens is 1. The van der Waals surface area contributed by atoms with Crippen molar-refractivity contribution < 1.29 is 0 Å². The van der Waals surface area contributed by atoms with Crippen molar-refractivity contribution in [1.82, 2.24) is 4.57 Å². The summed E-state index contributed by atoms with van der Waals surface area (Å²) in [7, 11) is 0. The van der Waals surface area contributed by atoms with Crippen LogP contribution in [0.1, 0.15) is 50.8 Å². The molecule has 0 radical (unpaired) electrons. The number of benzene rings is 1. The van der Waals surface area contributed by atoms with Gasteiger partial charge in [-0.2, -0.15) is 0 Å². The molecule has 2 aromatic rings. The smallest absolute Gasteiger partial charge is 0.255 e. The Kier molecular flexibility index (Phi) is 4.63. The van der Waals surface area contributed by atoms with Gasteiger partial charge in [0.15, 0.2) is 0 Å². The highest BCUT2D eigenvalue weighted by Crippen LogP contribution is 2.22. The minimum Gasteiger partial charge on any atom is -0.324 e. The highest BCUT2D eigenvalue weighted by atomic mass is 16.1. The molecule has 0 amide bonds. The second-order valence-electron chi connectivity index (χ2n) is 5.79. The summed E-state index contributed by atoms with van der Waals surface area (Å²) < 4.78 is 1.79. The van der Waals surface area contributed by atoms with Crippen LogP contribution in [-0.2, 0) is 6.54 Å². The first-order chi connectivity index (χ1) is 9.95. The predicted molar refractivity (Wildman–Crippen MR) is 88.5 cm³/mol. The standard InChI is InChI=1S/C18H24N2O/c1-5-20-17(11-10-16(13(4)19)18(20)21)15-8-6-14(7-9-15)12(2)3/h6-13H,5,19H2,1-4H3. The highest BCUT2D eigenvalue weighted by Gasteiger charge is 2.12. The van der Waals surface area contributed by atoms with Crippen LogP contribution in [0.2, 0.25) is 0 Å². The molecule has 0 spiro atoms. The third-order valence-corrected chi connectivity index (χ3v) is 3.88.